The molecule has 0 bridgehead atoms. The molecule has 4 rings (SSSR count). The van der Waals surface area contributed by atoms with Gasteiger partial charge in [0.05, 0.1) is 6.54 Å². The summed E-state index contributed by atoms with van der Waals surface area (Å²) >= 11 is 0. The fourth-order valence-corrected chi connectivity index (χ4v) is 3.16. The minimum Gasteiger partial charge on any atom is -0.348 e. The van der Waals surface area contributed by atoms with E-state index in [0.717, 1.165) is 11.1 Å². The van der Waals surface area contributed by atoms with Crippen molar-refractivity contribution in [3.05, 3.63) is 112 Å². The number of hydrogen-bond acceptors (Lipinski definition) is 3. The van der Waals surface area contributed by atoms with Gasteiger partial charge in [-0.05, 0) is 41.5 Å². The van der Waals surface area contributed by atoms with Gasteiger partial charge in [-0.2, -0.15) is 0 Å². The molecule has 1 amide bonds. The lowest BCUT2D eigenvalue weighted by Gasteiger charge is -2.12. The predicted molar refractivity (Wildman–Crippen MR) is 109 cm³/mol. The molecule has 144 valence electrons. The van der Waals surface area contributed by atoms with Gasteiger partial charge in [0, 0.05) is 18.1 Å². The van der Waals surface area contributed by atoms with Gasteiger partial charge in [0.15, 0.2) is 0 Å². The van der Waals surface area contributed by atoms with E-state index in [1.54, 1.807) is 30.5 Å². The Balaban J connectivity index is 1.68. The first-order valence-corrected chi connectivity index (χ1v) is 9.17. The van der Waals surface area contributed by atoms with Crippen LogP contribution in [0.25, 0.3) is 11.0 Å². The maximum Gasteiger partial charge on any atom is 0.265 e. The summed E-state index contributed by atoms with van der Waals surface area (Å²) in [4.78, 5) is 30.2. The molecule has 2 heterocycles. The van der Waals surface area contributed by atoms with E-state index in [2.05, 4.69) is 10.3 Å². The van der Waals surface area contributed by atoms with Crippen molar-refractivity contribution < 1.29 is 9.18 Å². The number of carbonyl (C=O) groups is 1. The van der Waals surface area contributed by atoms with Crippen LogP contribution in [0.5, 0.6) is 0 Å². The maximum atomic E-state index is 13.1. The summed E-state index contributed by atoms with van der Waals surface area (Å²) in [6.07, 6.45) is 1.62. The number of nitrogens with zero attached hydrogens (tertiary/aromatic N) is 2. The number of halogens is 1. The van der Waals surface area contributed by atoms with Crippen molar-refractivity contribution in [3.63, 3.8) is 0 Å². The first kappa shape index (κ1) is 18.6. The summed E-state index contributed by atoms with van der Waals surface area (Å²) in [7, 11) is 0. The Hall–Kier alpha value is -3.80. The number of benzene rings is 2. The zero-order chi connectivity index (χ0) is 20.2. The summed E-state index contributed by atoms with van der Waals surface area (Å²) in [5.74, 6) is -0.821. The van der Waals surface area contributed by atoms with Gasteiger partial charge in [-0.1, -0.05) is 42.5 Å². The van der Waals surface area contributed by atoms with Crippen LogP contribution in [0, 0.1) is 5.82 Å². The van der Waals surface area contributed by atoms with Crippen molar-refractivity contribution >= 4 is 16.9 Å². The number of rotatable bonds is 5. The molecule has 0 radical (unpaired) electrons. The van der Waals surface area contributed by atoms with Gasteiger partial charge in [0.2, 0.25) is 0 Å². The molecule has 0 aliphatic heterocycles. The van der Waals surface area contributed by atoms with Gasteiger partial charge >= 0.3 is 0 Å². The monoisotopic (exact) mass is 387 g/mol. The number of nitrogens with one attached hydrogen (secondary N) is 1. The first-order valence-electron chi connectivity index (χ1n) is 9.17. The molecule has 0 saturated carbocycles. The third-order valence-corrected chi connectivity index (χ3v) is 4.64. The molecule has 6 heteroatoms. The van der Waals surface area contributed by atoms with E-state index in [-0.39, 0.29) is 17.9 Å². The smallest absolute Gasteiger partial charge is 0.265 e. The molecule has 0 aliphatic rings. The van der Waals surface area contributed by atoms with Crippen LogP contribution in [0.2, 0.25) is 0 Å². The van der Waals surface area contributed by atoms with E-state index in [4.69, 9.17) is 0 Å². The Bertz CT molecular complexity index is 1220. The van der Waals surface area contributed by atoms with Crippen LogP contribution in [0.3, 0.4) is 0 Å². The van der Waals surface area contributed by atoms with E-state index >= 15 is 0 Å². The number of pyridine rings is 2. The van der Waals surface area contributed by atoms with Gasteiger partial charge in [-0.3, -0.25) is 14.2 Å². The predicted octanol–water partition coefficient (Wildman–Crippen LogP) is 3.51. The highest BCUT2D eigenvalue weighted by Gasteiger charge is 2.16. The average Bonchev–Trinajstić information content (AvgIpc) is 2.75. The highest BCUT2D eigenvalue weighted by Crippen LogP contribution is 2.13. The van der Waals surface area contributed by atoms with E-state index < -0.39 is 11.5 Å². The second kappa shape index (κ2) is 8.06. The van der Waals surface area contributed by atoms with Crippen molar-refractivity contribution in [2.75, 3.05) is 0 Å². The summed E-state index contributed by atoms with van der Waals surface area (Å²) < 4.78 is 14.5. The number of carbonyl (C=O) groups excluding carboxylic acids is 1. The van der Waals surface area contributed by atoms with E-state index in [0.29, 0.717) is 17.6 Å². The lowest BCUT2D eigenvalue weighted by molar-refractivity contribution is 0.0949. The number of hydrogen-bond donors (Lipinski definition) is 1. The highest BCUT2D eigenvalue weighted by atomic mass is 19.1. The van der Waals surface area contributed by atoms with Crippen LogP contribution in [-0.2, 0) is 13.1 Å². The number of amides is 1. The van der Waals surface area contributed by atoms with Gasteiger partial charge in [-0.15, -0.1) is 0 Å². The standard InChI is InChI=1S/C23H18FN3O2/c24-19-10-8-16(9-11-19)14-26-22(28)20-13-18-7-4-12-25-21(18)27(23(20)29)15-17-5-2-1-3-6-17/h1-13H,14-15H2,(H,26,28). The molecule has 2 aromatic heterocycles. The lowest BCUT2D eigenvalue weighted by Crippen LogP contribution is -2.33. The van der Waals surface area contributed by atoms with E-state index in [9.17, 15) is 14.0 Å². The van der Waals surface area contributed by atoms with Crippen LogP contribution in [0.4, 0.5) is 4.39 Å². The molecule has 0 unspecified atom stereocenters. The molecule has 0 atom stereocenters. The van der Waals surface area contributed by atoms with Gasteiger partial charge in [0.1, 0.15) is 17.0 Å². The summed E-state index contributed by atoms with van der Waals surface area (Å²) in [5.41, 5.74) is 1.84. The highest BCUT2D eigenvalue weighted by molar-refractivity contribution is 5.96. The molecular formula is C23H18FN3O2. The molecule has 0 saturated heterocycles. The van der Waals surface area contributed by atoms with Crippen LogP contribution in [0.1, 0.15) is 21.5 Å². The summed E-state index contributed by atoms with van der Waals surface area (Å²) in [6, 6.07) is 20.5. The summed E-state index contributed by atoms with van der Waals surface area (Å²) in [5, 5.41) is 3.44. The lowest BCUT2D eigenvalue weighted by atomic mass is 10.1. The molecule has 0 spiro atoms. The minimum atomic E-state index is -0.480. The number of aromatic nitrogens is 2. The SMILES string of the molecule is O=C(NCc1ccc(F)cc1)c1cc2cccnc2n(Cc2ccccc2)c1=O. The van der Waals surface area contributed by atoms with Gasteiger partial charge in [-0.25, -0.2) is 9.37 Å². The van der Waals surface area contributed by atoms with Crippen molar-refractivity contribution in [2.24, 2.45) is 0 Å². The quantitative estimate of drug-likeness (QED) is 0.570. The van der Waals surface area contributed by atoms with E-state index in [1.807, 2.05) is 36.4 Å². The Kier molecular flexibility index (Phi) is 5.16. The second-order valence-corrected chi connectivity index (χ2v) is 6.66. The van der Waals surface area contributed by atoms with E-state index in [1.165, 1.54) is 16.7 Å². The van der Waals surface area contributed by atoms with Crippen LogP contribution >= 0.6 is 0 Å². The molecule has 5 nitrogen and oxygen atoms in total. The third kappa shape index (κ3) is 4.06. The molecule has 29 heavy (non-hydrogen) atoms. The first-order chi connectivity index (χ1) is 14.1. The second-order valence-electron chi connectivity index (χ2n) is 6.66. The fourth-order valence-electron chi connectivity index (χ4n) is 3.16. The zero-order valence-electron chi connectivity index (χ0n) is 15.5. The molecular weight excluding hydrogens is 369 g/mol. The van der Waals surface area contributed by atoms with Crippen molar-refractivity contribution in [2.45, 2.75) is 13.1 Å². The Morgan fingerprint density at radius 2 is 1.72 bits per heavy atom. The van der Waals surface area contributed by atoms with Crippen molar-refractivity contribution in [3.8, 4) is 0 Å². The molecule has 0 fully saturated rings. The molecule has 1 N–H and O–H groups in total. The third-order valence-electron chi connectivity index (χ3n) is 4.64. The largest absolute Gasteiger partial charge is 0.348 e. The van der Waals surface area contributed by atoms with Gasteiger partial charge in [0.25, 0.3) is 11.5 Å². The molecule has 4 aromatic rings. The summed E-state index contributed by atoms with van der Waals surface area (Å²) in [6.45, 7) is 0.509. The zero-order valence-corrected chi connectivity index (χ0v) is 15.5. The van der Waals surface area contributed by atoms with Crippen molar-refractivity contribution in [1.82, 2.24) is 14.9 Å². The van der Waals surface area contributed by atoms with Gasteiger partial charge < -0.3 is 5.32 Å². The Morgan fingerprint density at radius 3 is 2.48 bits per heavy atom. The fraction of sp³-hybridized carbons (Fsp3) is 0.0870. The topological polar surface area (TPSA) is 64.0 Å². The normalized spacial score (nSPS) is 10.8. The molecule has 2 aromatic carbocycles. The maximum absolute atomic E-state index is 13.1. The average molecular weight is 387 g/mol. The number of fused-ring (bicyclic) bond motifs is 1. The Morgan fingerprint density at radius 1 is 0.966 bits per heavy atom. The van der Waals surface area contributed by atoms with Crippen molar-refractivity contribution in [1.29, 1.82) is 0 Å². The van der Waals surface area contributed by atoms with Crippen LogP contribution in [-0.4, -0.2) is 15.5 Å². The Labute approximate surface area is 166 Å². The minimum absolute atomic E-state index is 0.0449. The van der Waals surface area contributed by atoms with Crippen LogP contribution < -0.4 is 10.9 Å². The molecule has 0 aliphatic carbocycles. The van der Waals surface area contributed by atoms with Crippen LogP contribution in [0.15, 0.2) is 83.8 Å².